The van der Waals surface area contributed by atoms with Gasteiger partial charge >= 0.3 is 0 Å². The van der Waals surface area contributed by atoms with Crippen LogP contribution in [-0.4, -0.2) is 39.6 Å². The highest BCUT2D eigenvalue weighted by Crippen LogP contribution is 2.26. The number of nitrogens with one attached hydrogen (secondary N) is 2. The molecule has 1 aromatic rings. The smallest absolute Gasteiger partial charge is 0.241 e. The molecule has 1 heterocycles. The highest BCUT2D eigenvalue weighted by Gasteiger charge is 2.30. The Balaban J connectivity index is 0.00000243. The van der Waals surface area contributed by atoms with E-state index in [1.165, 1.54) is 6.07 Å². The quantitative estimate of drug-likeness (QED) is 0.667. The molecular formula is C17H26ClN3O4S. The first-order valence-electron chi connectivity index (χ1n) is 8.64. The summed E-state index contributed by atoms with van der Waals surface area (Å²) < 4.78 is 32.9. The van der Waals surface area contributed by atoms with Crippen molar-refractivity contribution in [2.45, 2.75) is 49.6 Å². The molecule has 1 aliphatic heterocycles. The van der Waals surface area contributed by atoms with E-state index in [2.05, 4.69) is 10.0 Å². The van der Waals surface area contributed by atoms with E-state index >= 15 is 0 Å². The van der Waals surface area contributed by atoms with Crippen LogP contribution in [-0.2, 0) is 19.6 Å². The minimum atomic E-state index is -3.58. The summed E-state index contributed by atoms with van der Waals surface area (Å²) in [6.45, 7) is 2.97. The zero-order valence-electron chi connectivity index (χ0n) is 14.7. The molecule has 7 nitrogen and oxygen atoms in total. The van der Waals surface area contributed by atoms with Crippen LogP contribution in [0.2, 0.25) is 0 Å². The first-order chi connectivity index (χ1) is 11.9. The van der Waals surface area contributed by atoms with E-state index in [9.17, 15) is 13.2 Å². The molecule has 0 aromatic heterocycles. The highest BCUT2D eigenvalue weighted by atomic mass is 35.5. The number of carbonyl (C=O) groups excluding carboxylic acids is 1. The lowest BCUT2D eigenvalue weighted by atomic mass is 9.92. The van der Waals surface area contributed by atoms with Gasteiger partial charge in [0.2, 0.25) is 15.9 Å². The van der Waals surface area contributed by atoms with Gasteiger partial charge in [-0.1, -0.05) is 6.07 Å². The summed E-state index contributed by atoms with van der Waals surface area (Å²) in [7, 11) is -3.58. The molecule has 0 radical (unpaired) electrons. The van der Waals surface area contributed by atoms with Gasteiger partial charge in [0.25, 0.3) is 0 Å². The maximum atomic E-state index is 12.5. The normalized spacial score (nSPS) is 19.5. The lowest BCUT2D eigenvalue weighted by Crippen LogP contribution is -2.44. The van der Waals surface area contributed by atoms with E-state index in [-0.39, 0.29) is 35.2 Å². The molecule has 1 aliphatic carbocycles. The van der Waals surface area contributed by atoms with Crippen molar-refractivity contribution in [1.29, 1.82) is 0 Å². The molecule has 2 aliphatic rings. The van der Waals surface area contributed by atoms with Gasteiger partial charge in [0.1, 0.15) is 0 Å². The van der Waals surface area contributed by atoms with Crippen molar-refractivity contribution in [2.24, 2.45) is 11.7 Å². The molecular weight excluding hydrogens is 378 g/mol. The lowest BCUT2D eigenvalue weighted by molar-refractivity contribution is -0.119. The summed E-state index contributed by atoms with van der Waals surface area (Å²) in [5.41, 5.74) is 7.15. The fraction of sp³-hybridized carbons (Fsp3) is 0.588. The van der Waals surface area contributed by atoms with Crippen molar-refractivity contribution in [3.63, 3.8) is 0 Å². The minimum absolute atomic E-state index is 0. The van der Waals surface area contributed by atoms with Crippen molar-refractivity contribution in [1.82, 2.24) is 4.72 Å². The fourth-order valence-corrected chi connectivity index (χ4v) is 4.54. The van der Waals surface area contributed by atoms with E-state index < -0.39 is 16.1 Å². The maximum absolute atomic E-state index is 12.5. The van der Waals surface area contributed by atoms with E-state index in [1.54, 1.807) is 19.1 Å². The van der Waals surface area contributed by atoms with Gasteiger partial charge < -0.3 is 15.8 Å². The minimum Gasteiger partial charge on any atom is -0.381 e. The Kier molecular flexibility index (Phi) is 7.04. The fourth-order valence-electron chi connectivity index (χ4n) is 2.97. The number of sulfonamides is 1. The van der Waals surface area contributed by atoms with Crippen LogP contribution in [0.15, 0.2) is 23.1 Å². The van der Waals surface area contributed by atoms with E-state index in [4.69, 9.17) is 10.5 Å². The lowest BCUT2D eigenvalue weighted by Gasteiger charge is -2.26. The van der Waals surface area contributed by atoms with Crippen LogP contribution < -0.4 is 15.8 Å². The summed E-state index contributed by atoms with van der Waals surface area (Å²) >= 11 is 0. The van der Waals surface area contributed by atoms with Gasteiger partial charge in [-0.15, -0.1) is 12.4 Å². The average molecular weight is 404 g/mol. The summed E-state index contributed by atoms with van der Waals surface area (Å²) in [6, 6.07) is 4.28. The van der Waals surface area contributed by atoms with Crippen molar-refractivity contribution >= 4 is 34.0 Å². The van der Waals surface area contributed by atoms with Gasteiger partial charge in [-0.25, -0.2) is 13.1 Å². The van der Waals surface area contributed by atoms with Crippen LogP contribution in [0.3, 0.4) is 0 Å². The first-order valence-corrected chi connectivity index (χ1v) is 10.1. The zero-order chi connectivity index (χ0) is 18.0. The molecule has 9 heteroatoms. The topological polar surface area (TPSA) is 111 Å². The van der Waals surface area contributed by atoms with Crippen molar-refractivity contribution in [3.8, 4) is 0 Å². The number of anilines is 1. The van der Waals surface area contributed by atoms with Gasteiger partial charge in [0, 0.05) is 24.9 Å². The Labute approximate surface area is 160 Å². The second-order valence-electron chi connectivity index (χ2n) is 6.84. The maximum Gasteiger partial charge on any atom is 0.241 e. The van der Waals surface area contributed by atoms with Gasteiger partial charge in [-0.3, -0.25) is 4.79 Å². The molecule has 1 aromatic carbocycles. The number of carbonyl (C=O) groups is 1. The third-order valence-electron chi connectivity index (χ3n) is 4.72. The predicted octanol–water partition coefficient (Wildman–Crippen LogP) is 1.55. The number of benzene rings is 1. The van der Waals surface area contributed by atoms with E-state index in [0.717, 1.165) is 25.7 Å². The number of hydrogen-bond donors (Lipinski definition) is 3. The Morgan fingerprint density at radius 2 is 1.88 bits per heavy atom. The van der Waals surface area contributed by atoms with Gasteiger partial charge in [-0.2, -0.15) is 0 Å². The molecule has 2 fully saturated rings. The summed E-state index contributed by atoms with van der Waals surface area (Å²) in [5.74, 6) is -0.215. The molecule has 1 amide bonds. The second-order valence-corrected chi connectivity index (χ2v) is 8.52. The standard InChI is InChI=1S/C17H25N3O4S.ClH/c1-11-2-3-14(10-15(11)25(22,23)20-13-4-5-13)19-17(21)16(18)12-6-8-24-9-7-12;/h2-3,10,12-13,16,20H,4-9,18H2,1H3,(H,19,21);1H. The number of amides is 1. The molecule has 1 unspecified atom stereocenters. The van der Waals surface area contributed by atoms with Crippen molar-refractivity contribution in [2.75, 3.05) is 18.5 Å². The molecule has 1 saturated carbocycles. The molecule has 1 atom stereocenters. The molecule has 0 bridgehead atoms. The van der Waals surface area contributed by atoms with Crippen LogP contribution in [0, 0.1) is 12.8 Å². The average Bonchev–Trinajstić information content (AvgIpc) is 3.39. The van der Waals surface area contributed by atoms with Crippen LogP contribution >= 0.6 is 12.4 Å². The summed E-state index contributed by atoms with van der Waals surface area (Å²) in [5, 5.41) is 2.75. The monoisotopic (exact) mass is 403 g/mol. The summed E-state index contributed by atoms with van der Waals surface area (Å²) in [6.07, 6.45) is 3.25. The third kappa shape index (κ3) is 5.17. The number of ether oxygens (including phenoxy) is 1. The van der Waals surface area contributed by atoms with E-state index in [0.29, 0.717) is 24.5 Å². The first kappa shape index (κ1) is 21.1. The number of nitrogens with two attached hydrogens (primary N) is 1. The molecule has 3 rings (SSSR count). The molecule has 0 spiro atoms. The van der Waals surface area contributed by atoms with Gasteiger partial charge in [0.05, 0.1) is 10.9 Å². The zero-order valence-corrected chi connectivity index (χ0v) is 16.4. The second kappa shape index (κ2) is 8.67. The predicted molar refractivity (Wildman–Crippen MR) is 102 cm³/mol. The van der Waals surface area contributed by atoms with Gasteiger partial charge in [0.15, 0.2) is 0 Å². The Bertz CT molecular complexity index is 746. The van der Waals surface area contributed by atoms with Crippen LogP contribution in [0.4, 0.5) is 5.69 Å². The van der Waals surface area contributed by atoms with Crippen molar-refractivity contribution in [3.05, 3.63) is 23.8 Å². The Morgan fingerprint density at radius 1 is 1.23 bits per heavy atom. The highest BCUT2D eigenvalue weighted by molar-refractivity contribution is 7.89. The van der Waals surface area contributed by atoms with Crippen LogP contribution in [0.1, 0.15) is 31.2 Å². The van der Waals surface area contributed by atoms with Crippen LogP contribution in [0.25, 0.3) is 0 Å². The van der Waals surface area contributed by atoms with Crippen molar-refractivity contribution < 1.29 is 17.9 Å². The van der Waals surface area contributed by atoms with E-state index in [1.807, 2.05) is 0 Å². The number of halogens is 1. The SMILES string of the molecule is Cc1ccc(NC(=O)C(N)C2CCOCC2)cc1S(=O)(=O)NC1CC1.Cl. The molecule has 26 heavy (non-hydrogen) atoms. The molecule has 1 saturated heterocycles. The van der Waals surface area contributed by atoms with Gasteiger partial charge in [-0.05, 0) is 56.2 Å². The summed E-state index contributed by atoms with van der Waals surface area (Å²) in [4.78, 5) is 12.6. The molecule has 4 N–H and O–H groups in total. The molecule has 146 valence electrons. The Hall–Kier alpha value is -1.19. The largest absolute Gasteiger partial charge is 0.381 e. The number of rotatable bonds is 6. The Morgan fingerprint density at radius 3 is 2.50 bits per heavy atom. The number of aryl methyl sites for hydroxylation is 1. The van der Waals surface area contributed by atoms with Crippen LogP contribution in [0.5, 0.6) is 0 Å². The third-order valence-corrected chi connectivity index (χ3v) is 6.38. The number of hydrogen-bond acceptors (Lipinski definition) is 5.